The standard InChI is InChI=1S/C28H38N8O.C18H21N3O2.C16H25N3O2.C14H21N7.C11H17N3.C10H20N2O2.C7H5ClO2.C6H5NO/c1-20-16-27(35-34-20)32-26-9-13-30-28(33-26)31-23-7-5-21(6-8-23)17-25(37)18-22-10-14-36(15-11-22)19-24-4-2-3-12-29-24;22-18(23-17-7-2-1-3-8-17)20-15-9-12-21(13-10-15)14-16-6-4-5-11-19-16;1-16(2,3)21-15(20)18-13-7-10-19(11-8-13)12-14-6-4-5-9-17-14;1-9-8-13(21-20-9)18-12-6-7-16-14(19-12)17-11-4-2-10(15)3-5-11;12-10-4-7-14(8-5-10)9-11-3-1-2-6-13-11;1-10(2,3)14-9(13)12-8-4-6-11-7-5-8;8-7(9)10-6-4-2-1-3-5-6;8-5-6-3-1-2-4-7-6/h2-4,9,12-13,16,21-23H,5-8,10-11,14-15,17-19H2,1H3,(H3,30,31,32,33,34,35);1-8,11,15H,9-10,12-14H2,(H,20,22);4-6,9,13H,7-8,10-12H2,1-3H3,(H,18,20);6-8,10-11H,2-5,15H2,1H3,(H3,16,17,18,19,20,21);1-3,6,10H,4-5,7-9,12H2;8,11H,4-7H2,1-3H3,(H,12,13);1-5H;1-5H. The van der Waals surface area contributed by atoms with Crippen molar-refractivity contribution in [2.45, 2.75) is 263 Å². The number of benzene rings is 2. The number of rotatable bonds is 26. The molecule has 3 amide bonds. The quantitative estimate of drug-likeness (QED) is 0.0177. The van der Waals surface area contributed by atoms with E-state index >= 15 is 0 Å². The number of hydrogen-bond acceptors (Lipinski definition) is 32. The van der Waals surface area contributed by atoms with E-state index in [1.165, 1.54) is 0 Å². The minimum absolute atomic E-state index is 0.172. The van der Waals surface area contributed by atoms with Gasteiger partial charge >= 0.3 is 23.7 Å². The second-order valence-electron chi connectivity index (χ2n) is 40.1. The van der Waals surface area contributed by atoms with E-state index in [1.807, 2.05) is 189 Å². The van der Waals surface area contributed by atoms with E-state index in [4.69, 9.17) is 37.3 Å². The fourth-order valence-electron chi connectivity index (χ4n) is 17.6. The van der Waals surface area contributed by atoms with Crippen LogP contribution in [0.25, 0.3) is 0 Å². The Morgan fingerprint density at radius 2 is 0.736 bits per heavy atom. The van der Waals surface area contributed by atoms with Crippen molar-refractivity contribution in [3.05, 3.63) is 259 Å². The van der Waals surface area contributed by atoms with E-state index in [0.29, 0.717) is 76.7 Å². The summed E-state index contributed by atoms with van der Waals surface area (Å²) in [5, 5.41) is 39.4. The molecule has 18 rings (SSSR count). The number of H-pyrrole nitrogens is 2. The number of carbonyl (C=O) groups is 6. The zero-order valence-electron chi connectivity index (χ0n) is 86.9. The van der Waals surface area contributed by atoms with Crippen LogP contribution >= 0.6 is 11.6 Å². The van der Waals surface area contributed by atoms with Crippen LogP contribution in [0, 0.1) is 25.7 Å². The maximum Gasteiger partial charge on any atom is 0.412 e. The highest BCUT2D eigenvalue weighted by atomic mass is 35.5. The minimum Gasteiger partial charge on any atom is -0.444 e. The summed E-state index contributed by atoms with van der Waals surface area (Å²) in [5.74, 6) is 6.73. The third-order valence-corrected chi connectivity index (χ3v) is 25.4. The van der Waals surface area contributed by atoms with Crippen LogP contribution in [0.1, 0.15) is 215 Å². The number of amides is 3. The SMILES string of the molecule is CC(C)(C)OC(=O)NC1CCN(Cc2ccccn2)CC1.CC(C)(C)OC(=O)NC1CCNCC1.Cc1cc(Nc2ccnc(NC3CCC(CC(=O)CC4CCN(Cc5ccccn5)CC4)CC3)n2)n[nH]1.Cc1cc(Nc2ccnc(NC3CCC(N)CC3)n2)n[nH]1.NC1CCN(Cc2ccccn2)CC1.O=C(Cl)Oc1ccccc1.O=C(NC1CCN(Cc2ccccn2)CC1)Oc1ccccc1.O=Cc1ccccn1. The smallest absolute Gasteiger partial charge is 0.412 e. The van der Waals surface area contributed by atoms with E-state index in [2.05, 4.69) is 144 Å². The molecule has 7 fully saturated rings. The molecule has 14 heterocycles. The molecule has 0 radical (unpaired) electrons. The summed E-state index contributed by atoms with van der Waals surface area (Å²) in [7, 11) is 0. The van der Waals surface area contributed by atoms with Gasteiger partial charge in [-0.1, -0.05) is 66.7 Å². The molecule has 9 aromatic heterocycles. The second-order valence-corrected chi connectivity index (χ2v) is 40.4. The number of anilines is 6. The molecule has 37 nitrogen and oxygen atoms in total. The van der Waals surface area contributed by atoms with Crippen molar-refractivity contribution >= 4 is 82.5 Å². The maximum absolute atomic E-state index is 12.8. The van der Waals surface area contributed by atoms with E-state index in [1.54, 1.807) is 73.2 Å². The van der Waals surface area contributed by atoms with Crippen LogP contribution in [-0.4, -0.2) is 240 Å². The predicted molar refractivity (Wildman–Crippen MR) is 577 cm³/mol. The van der Waals surface area contributed by atoms with Crippen molar-refractivity contribution in [2.75, 3.05) is 86.7 Å². The van der Waals surface area contributed by atoms with Gasteiger partial charge in [0, 0.05) is 199 Å². The third kappa shape index (κ3) is 47.2. The topological polar surface area (TPSA) is 474 Å². The Kier molecular flexibility index (Phi) is 48.7. The number of para-hydroxylation sites is 2. The summed E-state index contributed by atoms with van der Waals surface area (Å²) in [6.07, 6.45) is 32.4. The summed E-state index contributed by atoms with van der Waals surface area (Å²) in [4.78, 5) is 116. The number of nitrogens with two attached hydrogens (primary N) is 2. The lowest BCUT2D eigenvalue weighted by molar-refractivity contribution is -0.121. The third-order valence-electron chi connectivity index (χ3n) is 25.3. The first kappa shape index (κ1) is 115. The molecule has 148 heavy (non-hydrogen) atoms. The molecular formula is C110H152ClN27O10. The number of hydrogen-bond donors (Lipinski definition) is 12. The van der Waals surface area contributed by atoms with Crippen LogP contribution in [0.3, 0.4) is 0 Å². The van der Waals surface area contributed by atoms with Gasteiger partial charge in [-0.25, -0.2) is 29.1 Å². The Hall–Kier alpha value is -13.4. The fourth-order valence-corrected chi connectivity index (χ4v) is 17.7. The number of aromatic nitrogens is 13. The predicted octanol–water partition coefficient (Wildman–Crippen LogP) is 17.8. The number of carbonyl (C=O) groups excluding carboxylic acids is 6. The van der Waals surface area contributed by atoms with Crippen LogP contribution in [-0.2, 0) is 40.4 Å². The number of Topliss-reactive ketones (excluding diaryl/α,β-unsaturated/α-hetero) is 1. The molecule has 2 saturated carbocycles. The maximum atomic E-state index is 12.8. The Morgan fingerprint density at radius 3 is 1.09 bits per heavy atom. The molecule has 2 aromatic carbocycles. The van der Waals surface area contributed by atoms with Gasteiger partial charge in [0.15, 0.2) is 17.9 Å². The average molecular weight is 2050 g/mol. The van der Waals surface area contributed by atoms with Crippen molar-refractivity contribution in [3.63, 3.8) is 0 Å². The summed E-state index contributed by atoms with van der Waals surface area (Å²) in [6, 6.07) is 56.8. The Labute approximate surface area is 875 Å². The number of nitrogens with zero attached hydrogens (tertiary/aromatic N) is 15. The summed E-state index contributed by atoms with van der Waals surface area (Å²) < 4.78 is 20.3. The number of halogens is 1. The lowest BCUT2D eigenvalue weighted by atomic mass is 9.81. The zero-order valence-corrected chi connectivity index (χ0v) is 87.7. The highest BCUT2D eigenvalue weighted by Crippen LogP contribution is 2.32. The number of piperidine rings is 5. The minimum atomic E-state index is -0.814. The van der Waals surface area contributed by atoms with E-state index in [9.17, 15) is 28.8 Å². The summed E-state index contributed by atoms with van der Waals surface area (Å²) in [5.41, 5.74) is 17.0. The van der Waals surface area contributed by atoms with Gasteiger partial charge in [0.2, 0.25) is 11.9 Å². The number of likely N-dealkylation sites (tertiary alicyclic amines) is 4. The molecule has 14 N–H and O–H groups in total. The van der Waals surface area contributed by atoms with Gasteiger partial charge in [-0.05, 0) is 306 Å². The van der Waals surface area contributed by atoms with Gasteiger partial charge in [-0.15, -0.1) is 0 Å². The molecular weight excluding hydrogens is 1890 g/mol. The molecule has 11 aromatic rings. The van der Waals surface area contributed by atoms with Crippen LogP contribution in [0.2, 0.25) is 0 Å². The number of nitrogens with one attached hydrogen (secondary N) is 10. The molecule has 0 unspecified atom stereocenters. The number of pyridine rings is 5. The molecule has 794 valence electrons. The van der Waals surface area contributed by atoms with E-state index < -0.39 is 16.6 Å². The molecule has 0 spiro atoms. The van der Waals surface area contributed by atoms with Crippen LogP contribution in [0.5, 0.6) is 11.5 Å². The van der Waals surface area contributed by atoms with Gasteiger partial charge in [0.25, 0.3) is 0 Å². The number of aromatic amines is 2. The van der Waals surface area contributed by atoms with Gasteiger partial charge in [0.1, 0.15) is 45.8 Å². The highest BCUT2D eigenvalue weighted by Gasteiger charge is 2.31. The molecule has 0 bridgehead atoms. The Balaban J connectivity index is 0.000000167. The van der Waals surface area contributed by atoms with Crippen molar-refractivity contribution in [1.29, 1.82) is 0 Å². The lowest BCUT2D eigenvalue weighted by Gasteiger charge is -2.32. The van der Waals surface area contributed by atoms with E-state index in [0.717, 1.165) is 278 Å². The van der Waals surface area contributed by atoms with Gasteiger partial charge in [-0.2, -0.15) is 20.2 Å². The first-order valence-electron chi connectivity index (χ1n) is 51.8. The van der Waals surface area contributed by atoms with Crippen molar-refractivity contribution < 1.29 is 47.7 Å². The van der Waals surface area contributed by atoms with Crippen LogP contribution in [0.4, 0.5) is 54.3 Å². The van der Waals surface area contributed by atoms with Crippen LogP contribution in [0.15, 0.2) is 219 Å². The Morgan fingerprint density at radius 1 is 0.385 bits per heavy atom. The van der Waals surface area contributed by atoms with Crippen LogP contribution < -0.4 is 63.5 Å². The molecule has 0 atom stereocenters. The molecule has 5 saturated heterocycles. The number of ether oxygens (including phenoxy) is 4. The molecule has 38 heteroatoms. The first-order chi connectivity index (χ1) is 71.5. The molecule has 7 aliphatic rings. The second kappa shape index (κ2) is 62.7. The van der Waals surface area contributed by atoms with Crippen molar-refractivity contribution in [3.8, 4) is 11.5 Å². The Bertz CT molecular complexity index is 5580. The normalized spacial score (nSPS) is 18.1. The molecule has 2 aliphatic carbocycles. The van der Waals surface area contributed by atoms with E-state index in [-0.39, 0.29) is 36.4 Å². The van der Waals surface area contributed by atoms with Crippen molar-refractivity contribution in [1.82, 2.24) is 106 Å². The number of aldehydes is 1. The number of alkyl carbamates (subject to hydrolysis) is 2. The number of aryl methyl sites for hydroxylation is 2. The largest absolute Gasteiger partial charge is 0.444 e. The summed E-state index contributed by atoms with van der Waals surface area (Å²) in [6.45, 7) is 28.9. The first-order valence-corrected chi connectivity index (χ1v) is 52.2. The number of ketones is 1. The average Bonchev–Trinajstić information content (AvgIpc) is 1.71. The highest BCUT2D eigenvalue weighted by molar-refractivity contribution is 6.61. The van der Waals surface area contributed by atoms with Crippen molar-refractivity contribution in [2.24, 2.45) is 23.3 Å². The van der Waals surface area contributed by atoms with Gasteiger partial charge in [0.05, 0.1) is 22.8 Å². The van der Waals surface area contributed by atoms with Gasteiger partial charge in [-0.3, -0.25) is 64.3 Å². The lowest BCUT2D eigenvalue weighted by Crippen LogP contribution is -2.45. The van der Waals surface area contributed by atoms with Gasteiger partial charge < -0.3 is 72.9 Å². The molecule has 5 aliphatic heterocycles. The fraction of sp³-hybridized carbons (Fsp3) is 0.482. The zero-order chi connectivity index (χ0) is 105. The monoisotopic (exact) mass is 2050 g/mol. The summed E-state index contributed by atoms with van der Waals surface area (Å²) >= 11 is 4.95.